The lowest BCUT2D eigenvalue weighted by Crippen LogP contribution is -2.03. The Hall–Kier alpha value is -2.66. The summed E-state index contributed by atoms with van der Waals surface area (Å²) in [7, 11) is 1.87. The molecular weight excluding hydrogens is 314 g/mol. The Labute approximate surface area is 136 Å². The molecule has 1 aromatic carbocycles. The van der Waals surface area contributed by atoms with E-state index in [2.05, 4.69) is 10.1 Å². The van der Waals surface area contributed by atoms with Crippen LogP contribution in [0.3, 0.4) is 0 Å². The Balaban J connectivity index is 1.85. The number of aromatic nitrogens is 3. The molecule has 0 spiro atoms. The number of hydrogen-bond acceptors (Lipinski definition) is 3. The van der Waals surface area contributed by atoms with E-state index in [1.54, 1.807) is 4.68 Å². The van der Waals surface area contributed by atoms with Gasteiger partial charge in [0.15, 0.2) is 0 Å². The number of benzene rings is 1. The van der Waals surface area contributed by atoms with Crippen molar-refractivity contribution in [1.29, 1.82) is 0 Å². The summed E-state index contributed by atoms with van der Waals surface area (Å²) in [5.41, 5.74) is 4.48. The average molecular weight is 326 g/mol. The maximum Gasteiger partial charge on any atom is 0.336 e. The number of carboxylic acids is 1. The van der Waals surface area contributed by atoms with E-state index >= 15 is 0 Å². The number of carboxylic acid groups (broad SMARTS) is 1. The number of halogens is 1. The molecule has 114 valence electrons. The van der Waals surface area contributed by atoms with Gasteiger partial charge >= 0.3 is 5.97 Å². The molecule has 4 rings (SSSR count). The first kappa shape index (κ1) is 14.0. The molecule has 0 amide bonds. The zero-order chi connectivity index (χ0) is 16.1. The zero-order valence-corrected chi connectivity index (χ0v) is 13.0. The largest absolute Gasteiger partial charge is 0.478 e. The van der Waals surface area contributed by atoms with Crippen LogP contribution in [0.4, 0.5) is 0 Å². The van der Waals surface area contributed by atoms with E-state index in [1.807, 2.05) is 31.3 Å². The molecule has 0 bridgehead atoms. The topological polar surface area (TPSA) is 68.0 Å². The number of pyridine rings is 1. The molecule has 23 heavy (non-hydrogen) atoms. The first-order valence-corrected chi connectivity index (χ1v) is 7.47. The fraction of sp³-hybridized carbons (Fsp3) is 0.118. The van der Waals surface area contributed by atoms with Crippen LogP contribution in [0.1, 0.15) is 27.3 Å². The van der Waals surface area contributed by atoms with Gasteiger partial charge in [-0.3, -0.25) is 9.67 Å². The Bertz CT molecular complexity index is 1000. The average Bonchev–Trinajstić information content (AvgIpc) is 3.08. The number of aryl methyl sites for hydroxylation is 1. The van der Waals surface area contributed by atoms with E-state index in [9.17, 15) is 9.90 Å². The molecule has 1 aliphatic carbocycles. The molecule has 0 radical (unpaired) electrons. The van der Waals surface area contributed by atoms with Crippen molar-refractivity contribution >= 4 is 40.1 Å². The number of allylic oxidation sites excluding steroid dienone is 1. The van der Waals surface area contributed by atoms with Gasteiger partial charge in [0.1, 0.15) is 0 Å². The predicted molar refractivity (Wildman–Crippen MR) is 88.5 cm³/mol. The van der Waals surface area contributed by atoms with Gasteiger partial charge < -0.3 is 5.11 Å². The van der Waals surface area contributed by atoms with Crippen molar-refractivity contribution < 1.29 is 9.90 Å². The number of fused-ring (bicyclic) bond motifs is 2. The minimum Gasteiger partial charge on any atom is -0.478 e. The Morgan fingerprint density at radius 3 is 2.96 bits per heavy atom. The van der Waals surface area contributed by atoms with Crippen LogP contribution in [0, 0.1) is 0 Å². The van der Waals surface area contributed by atoms with E-state index in [0.717, 1.165) is 27.7 Å². The second-order valence-electron chi connectivity index (χ2n) is 5.51. The number of rotatable bonds is 2. The third kappa shape index (κ3) is 2.12. The second kappa shape index (κ2) is 4.93. The number of aromatic carboxylic acids is 1. The van der Waals surface area contributed by atoms with Crippen LogP contribution < -0.4 is 0 Å². The van der Waals surface area contributed by atoms with Crippen molar-refractivity contribution in [2.75, 3.05) is 0 Å². The van der Waals surface area contributed by atoms with E-state index in [-0.39, 0.29) is 0 Å². The molecule has 1 N–H and O–H groups in total. The highest BCUT2D eigenvalue weighted by atomic mass is 35.5. The highest BCUT2D eigenvalue weighted by Crippen LogP contribution is 2.35. The van der Waals surface area contributed by atoms with Gasteiger partial charge in [0.05, 0.1) is 22.5 Å². The van der Waals surface area contributed by atoms with Gasteiger partial charge in [-0.1, -0.05) is 11.6 Å². The van der Waals surface area contributed by atoms with Crippen LogP contribution in [-0.2, 0) is 13.5 Å². The van der Waals surface area contributed by atoms with Crippen molar-refractivity contribution in [3.63, 3.8) is 0 Å². The summed E-state index contributed by atoms with van der Waals surface area (Å²) < 4.78 is 1.78. The summed E-state index contributed by atoms with van der Waals surface area (Å²) in [6.45, 7) is 0. The van der Waals surface area contributed by atoms with Crippen molar-refractivity contribution in [1.82, 2.24) is 14.8 Å². The summed E-state index contributed by atoms with van der Waals surface area (Å²) in [6.07, 6.45) is 3.95. The van der Waals surface area contributed by atoms with Gasteiger partial charge in [0.2, 0.25) is 0 Å². The summed E-state index contributed by atoms with van der Waals surface area (Å²) in [4.78, 5) is 15.7. The summed E-state index contributed by atoms with van der Waals surface area (Å²) in [6, 6.07) is 7.18. The zero-order valence-electron chi connectivity index (χ0n) is 12.2. The van der Waals surface area contributed by atoms with Crippen molar-refractivity contribution in [2.45, 2.75) is 6.42 Å². The molecule has 1 aliphatic rings. The molecular formula is C17H12ClN3O2. The van der Waals surface area contributed by atoms with Crippen LogP contribution in [0.5, 0.6) is 0 Å². The van der Waals surface area contributed by atoms with Gasteiger partial charge in [-0.25, -0.2) is 4.79 Å². The molecule has 2 heterocycles. The molecule has 0 fully saturated rings. The maximum atomic E-state index is 11.4. The third-order valence-electron chi connectivity index (χ3n) is 4.12. The second-order valence-corrected chi connectivity index (χ2v) is 5.94. The predicted octanol–water partition coefficient (Wildman–Crippen LogP) is 3.42. The molecule has 0 saturated heterocycles. The molecule has 3 aromatic rings. The summed E-state index contributed by atoms with van der Waals surface area (Å²) >= 11 is 6.06. The van der Waals surface area contributed by atoms with Gasteiger partial charge in [0, 0.05) is 30.1 Å². The highest BCUT2D eigenvalue weighted by molar-refractivity contribution is 6.31. The Morgan fingerprint density at radius 1 is 1.35 bits per heavy atom. The number of carbonyl (C=O) groups is 1. The first-order chi connectivity index (χ1) is 11.0. The number of nitrogens with zero attached hydrogens (tertiary/aromatic N) is 3. The van der Waals surface area contributed by atoms with Gasteiger partial charge in [0.25, 0.3) is 0 Å². The molecule has 0 aliphatic heterocycles. The summed E-state index contributed by atoms with van der Waals surface area (Å²) in [5.74, 6) is -0.934. The third-order valence-corrected chi connectivity index (χ3v) is 4.35. The minimum absolute atomic E-state index is 0.296. The first-order valence-electron chi connectivity index (χ1n) is 7.09. The maximum absolute atomic E-state index is 11.4. The Morgan fingerprint density at radius 2 is 2.17 bits per heavy atom. The van der Waals surface area contributed by atoms with E-state index in [1.165, 1.54) is 12.3 Å². The normalized spacial score (nSPS) is 13.2. The fourth-order valence-electron chi connectivity index (χ4n) is 3.05. The molecule has 0 unspecified atom stereocenters. The molecule has 2 aromatic heterocycles. The van der Waals surface area contributed by atoms with Crippen LogP contribution >= 0.6 is 11.6 Å². The number of hydrogen-bond donors (Lipinski definition) is 1. The van der Waals surface area contributed by atoms with Gasteiger partial charge in [-0.2, -0.15) is 5.10 Å². The summed E-state index contributed by atoms with van der Waals surface area (Å²) in [5, 5.41) is 15.6. The minimum atomic E-state index is -0.934. The lowest BCUT2D eigenvalue weighted by Gasteiger charge is -2.03. The standard InChI is InChI=1S/C17H12ClN3O2/c1-21-15-8-10(18)2-3-12(15)16(20-21)9-6-13-11(17(22)23)4-5-19-14(13)7-9/h2-5,7-8H,6H2,1H3,(H,22,23). The van der Waals surface area contributed by atoms with Crippen LogP contribution in [0.2, 0.25) is 5.02 Å². The quantitative estimate of drug-likeness (QED) is 0.784. The fourth-order valence-corrected chi connectivity index (χ4v) is 3.21. The molecule has 5 nitrogen and oxygen atoms in total. The van der Waals surface area contributed by atoms with E-state index in [0.29, 0.717) is 22.7 Å². The molecule has 0 saturated carbocycles. The monoisotopic (exact) mass is 325 g/mol. The lowest BCUT2D eigenvalue weighted by atomic mass is 10.0. The highest BCUT2D eigenvalue weighted by Gasteiger charge is 2.24. The molecule has 6 heteroatoms. The Kier molecular flexibility index (Phi) is 2.99. The van der Waals surface area contributed by atoms with Crippen LogP contribution in [0.15, 0.2) is 30.5 Å². The van der Waals surface area contributed by atoms with Gasteiger partial charge in [-0.05, 0) is 41.5 Å². The van der Waals surface area contributed by atoms with Crippen molar-refractivity contribution in [3.8, 4) is 0 Å². The van der Waals surface area contributed by atoms with E-state index < -0.39 is 5.97 Å². The van der Waals surface area contributed by atoms with Gasteiger partial charge in [-0.15, -0.1) is 0 Å². The van der Waals surface area contributed by atoms with Crippen LogP contribution in [0.25, 0.3) is 22.6 Å². The van der Waals surface area contributed by atoms with E-state index in [4.69, 9.17) is 11.6 Å². The van der Waals surface area contributed by atoms with Crippen molar-refractivity contribution in [2.24, 2.45) is 7.05 Å². The van der Waals surface area contributed by atoms with Crippen LogP contribution in [-0.4, -0.2) is 25.8 Å². The van der Waals surface area contributed by atoms with Crippen molar-refractivity contribution in [3.05, 3.63) is 58.0 Å². The SMILES string of the molecule is Cn1nc(C2=Cc3nccc(C(=O)O)c3C2)c2ccc(Cl)cc21. The smallest absolute Gasteiger partial charge is 0.336 e. The lowest BCUT2D eigenvalue weighted by molar-refractivity contribution is 0.0695. The molecule has 0 atom stereocenters.